The van der Waals surface area contributed by atoms with Gasteiger partial charge in [0.1, 0.15) is 41.1 Å². The quantitative estimate of drug-likeness (QED) is 0.00558. The molecule has 2 aromatic rings. The second kappa shape index (κ2) is 61.8. The van der Waals surface area contributed by atoms with E-state index in [1.54, 1.807) is 33.8 Å². The number of ketones is 1. The molecule has 25 unspecified atom stereocenters. The van der Waals surface area contributed by atoms with Crippen molar-refractivity contribution in [1.82, 2.24) is 21.3 Å². The molecule has 7 aliphatic rings. The fourth-order valence-corrected chi connectivity index (χ4v) is 17.3. The molecule has 4 amide bonds. The van der Waals surface area contributed by atoms with Crippen LogP contribution in [0.3, 0.4) is 0 Å². The number of fused-ring (bicyclic) bond motifs is 2. The standard InChI is InChI=1S/C16H25NO4.C14H23N5O2S.C14H18O7.C13H19N3O7.C13H23NO4.C13H20O7.C9H5N3O3/c1-6-8-9-14(19)17-15-11(4)10(3)13(7-2)21-16(15)20-12(5)18;15-19-16-8-4-3-6-10(20)5-1-2-7-12-13-11(9-22-12)17-14(21)18-13;1-6-11-7(2)12(18-8(3)15)13(19-9(4)16)14(21-11)20-10(5)17;1-6-10(5-15-16-14)23-13(22-9(4)19)12(21-8(3)18)11(6)20-7(2)17;1-6-11-7(2)8(3)12(14-9(4)15)13(18-11)17-10(5)16;1-6-7(2)17-13(20-10(5)16)12(19-9(4)15)11(6)18-8(3)14;10-12-11-7-3-5-1-2-6(13)4-8(5)15-9(7)14/h1,10-11,13,15-16H,7-9H2,2-5H3,(H,17,19);11-13H,1-9H2,(H2,17,18,21);1,7,11-14H,2-5H3;6,10-13H,5H2,1-4H3;7-8,11-13H,6H2,1-5H3,(H,14,15);6-7,11-13H,1-5H3;1-4,13H/t;11-,12-,13-;;;;;/m.0...../s1. The van der Waals surface area contributed by atoms with E-state index < -0.39 is 163 Å². The molecule has 7 aliphatic heterocycles. The summed E-state index contributed by atoms with van der Waals surface area (Å²) in [6.45, 7) is 34.7. The molecule has 48 heteroatoms. The number of phenols is 1. The topological polar surface area (TPSA) is 649 Å². The molecule has 5 N–H and O–H groups in total. The third-order valence-corrected chi connectivity index (χ3v) is 24.5. The second-order valence-corrected chi connectivity index (χ2v) is 35.1. The number of amides is 4. The van der Waals surface area contributed by atoms with E-state index >= 15 is 0 Å². The number of carbonyl (C=O) groups excluding carboxylic acids is 15. The Balaban J connectivity index is 0.000000421. The van der Waals surface area contributed by atoms with Crippen LogP contribution in [-0.4, -0.2) is 241 Å². The fourth-order valence-electron chi connectivity index (χ4n) is 15.8. The molecule has 0 radical (unpaired) electrons. The number of nitrogens with one attached hydrogen (secondary N) is 4. The number of terminal acetylenes is 2. The van der Waals surface area contributed by atoms with Gasteiger partial charge < -0.3 is 107 Å². The third-order valence-electron chi connectivity index (χ3n) is 23.0. The minimum Gasteiger partial charge on any atom is -0.508 e. The number of phenolic OH excluding ortho intramolecular Hbond substituents is 1. The van der Waals surface area contributed by atoms with Crippen molar-refractivity contribution in [2.75, 3.05) is 18.8 Å². The number of unbranched alkanes of at least 4 members (excludes halogenated alkanes) is 2. The van der Waals surface area contributed by atoms with Crippen LogP contribution in [0.2, 0.25) is 0 Å². The average Bonchev–Trinajstić information content (AvgIpc) is 0.912. The number of Topliss-reactive ketones (excluding diaryl/α,β-unsaturated/α-hetero) is 1. The van der Waals surface area contributed by atoms with Crippen molar-refractivity contribution in [2.24, 2.45) is 56.8 Å². The van der Waals surface area contributed by atoms with E-state index in [0.29, 0.717) is 48.1 Å². The SMILES string of the molecule is C#CC1OC(OC(C)=O)C(OC(C)=O)C(OC(C)=O)C1C.C#CCCC(=O)NC1C(OC(C)=O)OC(CC)C(C)C1C.CC(=O)OC1OC(C)C(C)C(OC(C)=O)C1OC(C)=O.CC(=O)OC1OC(CN=[N+]=[N-])C(C)C(OC(C)=O)C1OC(C)=O.CCC1OC(OC(C)=O)C(NC(C)=O)C(C)C1C.[N-]=[N+]=NCCCCC(=O)CCCC[C@@H]1SC[C@@H]2NC(=O)N[C@@H]21.[N-]=[N+]=Nc1cc2ccc(O)cc2oc1=O. The molecule has 0 saturated carbocycles. The third kappa shape index (κ3) is 41.5. The number of carbonyl (C=O) groups is 15. The van der Waals surface area contributed by atoms with Gasteiger partial charge in [0.15, 0.2) is 6.10 Å². The van der Waals surface area contributed by atoms with Crippen molar-refractivity contribution in [3.05, 3.63) is 66.0 Å². The molecular formula is C92H133N13O34S. The largest absolute Gasteiger partial charge is 0.508 e. The molecule has 0 spiro atoms. The van der Waals surface area contributed by atoms with Gasteiger partial charge in [-0.3, -0.25) is 67.1 Å². The maximum atomic E-state index is 11.9. The molecule has 7 fully saturated rings. The highest BCUT2D eigenvalue weighted by Crippen LogP contribution is 2.39. The van der Waals surface area contributed by atoms with E-state index in [1.807, 2.05) is 39.5 Å². The van der Waals surface area contributed by atoms with E-state index in [1.165, 1.54) is 94.4 Å². The van der Waals surface area contributed by atoms with E-state index in [9.17, 15) is 76.7 Å². The Morgan fingerprint density at radius 1 is 0.486 bits per heavy atom. The van der Waals surface area contributed by atoms with Crippen LogP contribution in [0, 0.1) is 66.1 Å². The Morgan fingerprint density at radius 2 is 0.914 bits per heavy atom. The first kappa shape index (κ1) is 122. The predicted octanol–water partition coefficient (Wildman–Crippen LogP) is 10.8. The van der Waals surface area contributed by atoms with Gasteiger partial charge in [0, 0.05) is 170 Å². The van der Waals surface area contributed by atoms with Gasteiger partial charge in [-0.2, -0.15) is 11.8 Å². The molecule has 1 aromatic carbocycles. The first-order valence-corrected chi connectivity index (χ1v) is 46.6. The maximum absolute atomic E-state index is 11.9. The molecule has 47 nitrogen and oxygen atoms in total. The van der Waals surface area contributed by atoms with Crippen LogP contribution in [0.1, 0.15) is 223 Å². The number of benzene rings is 1. The summed E-state index contributed by atoms with van der Waals surface area (Å²) >= 11 is 1.91. The molecule has 9 rings (SSSR count). The molecule has 1 aromatic heterocycles. The number of esters is 11. The molecule has 0 bridgehead atoms. The smallest absolute Gasteiger partial charge is 0.345 e. The summed E-state index contributed by atoms with van der Waals surface area (Å²) < 4.78 is 89.3. The number of hydrogen-bond acceptors (Lipinski definition) is 38. The fraction of sp³-hybridized carbons (Fsp3) is 0.696. The Labute approximate surface area is 815 Å². The lowest BCUT2D eigenvalue weighted by Crippen LogP contribution is -2.58. The Bertz CT molecular complexity index is 4840. The Morgan fingerprint density at radius 3 is 1.36 bits per heavy atom. The molecule has 8 heterocycles. The van der Waals surface area contributed by atoms with Crippen molar-refractivity contribution < 1.29 is 157 Å². The average molecular weight is 2000 g/mol. The Hall–Kier alpha value is -12.5. The molecule has 0 aliphatic carbocycles. The van der Waals surface area contributed by atoms with E-state index in [0.717, 1.165) is 57.6 Å². The monoisotopic (exact) mass is 2000 g/mol. The van der Waals surface area contributed by atoms with E-state index in [-0.39, 0.29) is 114 Å². The number of rotatable bonds is 30. The summed E-state index contributed by atoms with van der Waals surface area (Å²) in [6, 6.07) is 5.58. The van der Waals surface area contributed by atoms with Crippen LogP contribution in [0.25, 0.3) is 42.3 Å². The molecule has 28 atom stereocenters. The van der Waals surface area contributed by atoms with Gasteiger partial charge in [-0.15, -0.1) is 18.8 Å². The van der Waals surface area contributed by atoms with Crippen molar-refractivity contribution in [2.45, 2.75) is 351 Å². The number of thioether (sulfide) groups is 1. The molecule has 776 valence electrons. The first-order chi connectivity index (χ1) is 65.9. The highest BCUT2D eigenvalue weighted by atomic mass is 32.2. The number of ether oxygens (including phenoxy) is 16. The highest BCUT2D eigenvalue weighted by molar-refractivity contribution is 8.00. The van der Waals surface area contributed by atoms with Gasteiger partial charge in [-0.1, -0.05) is 90.0 Å². The van der Waals surface area contributed by atoms with Crippen LogP contribution in [0.5, 0.6) is 5.75 Å². The van der Waals surface area contributed by atoms with Crippen LogP contribution < -0.4 is 26.9 Å². The maximum Gasteiger partial charge on any atom is 0.345 e. The normalized spacial score (nSPS) is 29.0. The molecule has 7 saturated heterocycles. The summed E-state index contributed by atoms with van der Waals surface area (Å²) in [4.78, 5) is 189. The van der Waals surface area contributed by atoms with Crippen molar-refractivity contribution in [3.63, 3.8) is 0 Å². The molecule has 140 heavy (non-hydrogen) atoms. The van der Waals surface area contributed by atoms with Crippen molar-refractivity contribution >= 4 is 118 Å². The summed E-state index contributed by atoms with van der Waals surface area (Å²) in [5.74, 6) is -0.569. The number of nitrogens with zero attached hydrogens (tertiary/aromatic N) is 9. The van der Waals surface area contributed by atoms with Gasteiger partial charge in [-0.25, -0.2) is 9.59 Å². The zero-order chi connectivity index (χ0) is 106. The summed E-state index contributed by atoms with van der Waals surface area (Å²) in [5.41, 5.74) is 24.2. The zero-order valence-corrected chi connectivity index (χ0v) is 83.7. The number of hydrogen-bond donors (Lipinski definition) is 5. The van der Waals surface area contributed by atoms with E-state index in [2.05, 4.69) is 77.0 Å². The van der Waals surface area contributed by atoms with Crippen LogP contribution >= 0.6 is 11.8 Å². The number of aromatic hydroxyl groups is 1. The van der Waals surface area contributed by atoms with Crippen LogP contribution in [0.4, 0.5) is 10.5 Å². The first-order valence-electron chi connectivity index (χ1n) is 45.6. The van der Waals surface area contributed by atoms with E-state index in [4.69, 9.17) is 115 Å². The minimum absolute atomic E-state index is 0.00202. The van der Waals surface area contributed by atoms with Crippen molar-refractivity contribution in [1.29, 1.82) is 0 Å². The van der Waals surface area contributed by atoms with Gasteiger partial charge in [0.05, 0.1) is 55.1 Å². The second-order valence-electron chi connectivity index (χ2n) is 33.8. The van der Waals surface area contributed by atoms with Gasteiger partial charge in [-0.05, 0) is 104 Å². The zero-order valence-electron chi connectivity index (χ0n) is 82.9. The van der Waals surface area contributed by atoms with Gasteiger partial charge in [0.2, 0.25) is 61.6 Å². The lowest BCUT2D eigenvalue weighted by atomic mass is 9.81. The minimum atomic E-state index is -1.27. The van der Waals surface area contributed by atoms with Crippen LogP contribution in [-0.2, 0) is 143 Å². The van der Waals surface area contributed by atoms with Gasteiger partial charge >= 0.3 is 77.3 Å². The summed E-state index contributed by atoms with van der Waals surface area (Å²) in [5, 5.41) is 31.9. The lowest BCUT2D eigenvalue weighted by molar-refractivity contribution is -0.279. The molecular weight excluding hydrogens is 1860 g/mol. The lowest BCUT2D eigenvalue weighted by Gasteiger charge is -2.44. The van der Waals surface area contributed by atoms with Crippen LogP contribution in [0.15, 0.2) is 48.8 Å². The summed E-state index contributed by atoms with van der Waals surface area (Å²) in [7, 11) is 0. The highest BCUT2D eigenvalue weighted by Gasteiger charge is 2.53. The Kier molecular flexibility index (Phi) is 53.7. The van der Waals surface area contributed by atoms with Crippen molar-refractivity contribution in [3.8, 4) is 30.4 Å². The predicted molar refractivity (Wildman–Crippen MR) is 496 cm³/mol. The number of azide groups is 3. The number of urea groups is 1. The summed E-state index contributed by atoms with van der Waals surface area (Å²) in [6.07, 6.45) is 6.31. The van der Waals surface area contributed by atoms with Gasteiger partial charge in [0.25, 0.3) is 0 Å².